The highest BCUT2D eigenvalue weighted by molar-refractivity contribution is 7.47. The zero-order valence-corrected chi connectivity index (χ0v) is 59.1. The fourth-order valence-electron chi connectivity index (χ4n) is 10.3. The summed E-state index contributed by atoms with van der Waals surface area (Å²) in [6, 6.07) is 0. The fourth-order valence-corrected chi connectivity index (χ4v) is 11.9. The van der Waals surface area contributed by atoms with Gasteiger partial charge in [-0.1, -0.05) is 287 Å². The Hall–Kier alpha value is -1.94. The Balaban J connectivity index is 5.25. The highest BCUT2D eigenvalue weighted by atomic mass is 31.2. The Labute approximate surface area is 537 Å². The van der Waals surface area contributed by atoms with Crippen LogP contribution in [0, 0.1) is 23.7 Å². The third-order valence-electron chi connectivity index (χ3n) is 15.8. The SMILES string of the molecule is CC(C)CCCCCCCCCCCCCC(=O)O[C@H](COC(=O)CCCCCCCCCC(C)C)COP(=O)(O)OCC(O)COP(=O)(O)OC[C@@H](COC(=O)CCCCCCCCCCCCC(C)C)OC(=O)CCCCCCCCCCC(C)C. The Morgan fingerprint density at radius 1 is 0.284 bits per heavy atom. The van der Waals surface area contributed by atoms with Crippen molar-refractivity contribution in [2.24, 2.45) is 23.7 Å². The standard InChI is InChI=1S/C69H134O17P2/c1-59(2)45-37-29-21-14-10-9-11-17-26-35-43-51-68(73)85-65(56-80-67(72)50-42-34-28-20-24-32-40-48-62(7)8)58-84-88(77,78)82-54-63(70)53-81-87(75,76)83-57-64(86-69(74)52-44-36-27-19-18-23-31-39-47-61(5)6)55-79-66(71)49-41-33-25-16-13-12-15-22-30-38-46-60(3)4/h59-65,70H,9-58H2,1-8H3,(H,75,76)(H,77,78)/t63?,64-,65-/m1/s1. The van der Waals surface area contributed by atoms with E-state index in [9.17, 15) is 43.2 Å². The van der Waals surface area contributed by atoms with Crippen LogP contribution in [0.5, 0.6) is 0 Å². The number of phosphoric ester groups is 2. The van der Waals surface area contributed by atoms with Gasteiger partial charge in [0, 0.05) is 25.7 Å². The molecule has 88 heavy (non-hydrogen) atoms. The van der Waals surface area contributed by atoms with Gasteiger partial charge in [0.1, 0.15) is 19.3 Å². The Morgan fingerprint density at radius 2 is 0.477 bits per heavy atom. The van der Waals surface area contributed by atoms with Crippen LogP contribution in [0.25, 0.3) is 0 Å². The lowest BCUT2D eigenvalue weighted by Crippen LogP contribution is -2.30. The molecule has 3 N–H and O–H groups in total. The van der Waals surface area contributed by atoms with Crippen molar-refractivity contribution < 1.29 is 80.2 Å². The molecule has 0 aliphatic rings. The van der Waals surface area contributed by atoms with Crippen molar-refractivity contribution in [3.8, 4) is 0 Å². The van der Waals surface area contributed by atoms with Crippen molar-refractivity contribution in [2.45, 2.75) is 356 Å². The monoisotopic (exact) mass is 1300 g/mol. The summed E-state index contributed by atoms with van der Waals surface area (Å²) in [6.45, 7) is 14.0. The van der Waals surface area contributed by atoms with E-state index in [1.807, 2.05) is 0 Å². The molecule has 0 heterocycles. The molecule has 0 aromatic heterocycles. The molecule has 0 aliphatic carbocycles. The van der Waals surface area contributed by atoms with Crippen LogP contribution in [0.3, 0.4) is 0 Å². The lowest BCUT2D eigenvalue weighted by molar-refractivity contribution is -0.161. The molecule has 19 heteroatoms. The molecule has 0 fully saturated rings. The third kappa shape index (κ3) is 62.8. The Bertz CT molecular complexity index is 1720. The molecule has 17 nitrogen and oxygen atoms in total. The van der Waals surface area contributed by atoms with E-state index in [1.54, 1.807) is 0 Å². The number of hydrogen-bond acceptors (Lipinski definition) is 15. The summed E-state index contributed by atoms with van der Waals surface area (Å²) in [5, 5.41) is 10.6. The molecule has 0 saturated carbocycles. The molecular weight excluding hydrogens is 1160 g/mol. The van der Waals surface area contributed by atoms with Gasteiger partial charge in [-0.25, -0.2) is 9.13 Å². The summed E-state index contributed by atoms with van der Waals surface area (Å²) in [5.74, 6) is 0.815. The van der Waals surface area contributed by atoms with E-state index < -0.39 is 97.5 Å². The first-order valence-corrected chi connectivity index (χ1v) is 38.7. The summed E-state index contributed by atoms with van der Waals surface area (Å²) >= 11 is 0. The number of esters is 4. The number of carbonyl (C=O) groups is 4. The van der Waals surface area contributed by atoms with Crippen molar-refractivity contribution >= 4 is 39.5 Å². The fraction of sp³-hybridized carbons (Fsp3) is 0.942. The minimum atomic E-state index is -4.95. The quantitative estimate of drug-likeness (QED) is 0.0222. The second-order valence-corrected chi connectivity index (χ2v) is 29.7. The van der Waals surface area contributed by atoms with Gasteiger partial charge in [0.15, 0.2) is 12.2 Å². The zero-order valence-electron chi connectivity index (χ0n) is 57.3. The maximum Gasteiger partial charge on any atom is 0.472 e. The number of aliphatic hydroxyl groups is 1. The van der Waals surface area contributed by atoms with Gasteiger partial charge in [-0.05, 0) is 49.4 Å². The highest BCUT2D eigenvalue weighted by Gasteiger charge is 2.30. The first-order chi connectivity index (χ1) is 42.1. The van der Waals surface area contributed by atoms with Crippen LogP contribution in [0.2, 0.25) is 0 Å². The summed E-state index contributed by atoms with van der Waals surface area (Å²) in [5.41, 5.74) is 0. The normalized spacial score (nSPS) is 14.3. The number of rotatable bonds is 66. The molecule has 0 aliphatic heterocycles. The van der Waals surface area contributed by atoms with Gasteiger partial charge in [-0.15, -0.1) is 0 Å². The Kier molecular flexibility index (Phi) is 57.6. The number of aliphatic hydroxyl groups excluding tert-OH is 1. The average molecular weight is 1300 g/mol. The molecule has 0 radical (unpaired) electrons. The third-order valence-corrected chi connectivity index (χ3v) is 17.7. The lowest BCUT2D eigenvalue weighted by Gasteiger charge is -2.21. The summed E-state index contributed by atoms with van der Waals surface area (Å²) in [4.78, 5) is 72.5. The van der Waals surface area contributed by atoms with E-state index in [0.29, 0.717) is 31.6 Å². The maximum absolute atomic E-state index is 13.0. The van der Waals surface area contributed by atoms with Gasteiger partial charge in [0.2, 0.25) is 0 Å². The zero-order chi connectivity index (χ0) is 65.4. The first kappa shape index (κ1) is 86.1. The molecule has 0 saturated heterocycles. The summed E-state index contributed by atoms with van der Waals surface area (Å²) < 4.78 is 68.2. The molecule has 0 aromatic rings. The smallest absolute Gasteiger partial charge is 0.462 e. The van der Waals surface area contributed by atoms with E-state index in [0.717, 1.165) is 114 Å². The molecule has 3 unspecified atom stereocenters. The molecular formula is C69H134O17P2. The van der Waals surface area contributed by atoms with Crippen LogP contribution in [0.4, 0.5) is 0 Å². The second-order valence-electron chi connectivity index (χ2n) is 26.8. The van der Waals surface area contributed by atoms with E-state index in [2.05, 4.69) is 55.4 Å². The molecule has 5 atom stereocenters. The lowest BCUT2D eigenvalue weighted by atomic mass is 10.0. The van der Waals surface area contributed by atoms with Gasteiger partial charge in [-0.2, -0.15) is 0 Å². The number of phosphoric acid groups is 2. The molecule has 0 rings (SSSR count). The van der Waals surface area contributed by atoms with E-state index in [-0.39, 0.29) is 25.7 Å². The van der Waals surface area contributed by atoms with Gasteiger partial charge < -0.3 is 33.8 Å². The molecule has 0 bridgehead atoms. The maximum atomic E-state index is 13.0. The largest absolute Gasteiger partial charge is 0.472 e. The van der Waals surface area contributed by atoms with Gasteiger partial charge in [-0.3, -0.25) is 37.3 Å². The van der Waals surface area contributed by atoms with Crippen LogP contribution < -0.4 is 0 Å². The predicted octanol–water partition coefficient (Wildman–Crippen LogP) is 19.3. The number of unbranched alkanes of at least 4 members (excludes halogenated alkanes) is 32. The Morgan fingerprint density at radius 3 is 0.705 bits per heavy atom. The van der Waals surface area contributed by atoms with Crippen molar-refractivity contribution in [3.05, 3.63) is 0 Å². The predicted molar refractivity (Wildman–Crippen MR) is 354 cm³/mol. The minimum absolute atomic E-state index is 0.104. The van der Waals surface area contributed by atoms with E-state index >= 15 is 0 Å². The topological polar surface area (TPSA) is 237 Å². The van der Waals surface area contributed by atoms with Crippen molar-refractivity contribution in [2.75, 3.05) is 39.6 Å². The van der Waals surface area contributed by atoms with Crippen molar-refractivity contribution in [1.29, 1.82) is 0 Å². The molecule has 0 aromatic carbocycles. The van der Waals surface area contributed by atoms with Crippen LogP contribution in [0.1, 0.15) is 338 Å². The van der Waals surface area contributed by atoms with Crippen molar-refractivity contribution in [3.63, 3.8) is 0 Å². The number of ether oxygens (including phenoxy) is 4. The van der Waals surface area contributed by atoms with Crippen LogP contribution in [-0.4, -0.2) is 96.7 Å². The second kappa shape index (κ2) is 58.8. The number of carbonyl (C=O) groups excluding carboxylic acids is 4. The van der Waals surface area contributed by atoms with Crippen LogP contribution in [0.15, 0.2) is 0 Å². The number of hydrogen-bond donors (Lipinski definition) is 3. The summed E-state index contributed by atoms with van der Waals surface area (Å²) in [7, 11) is -9.90. The highest BCUT2D eigenvalue weighted by Crippen LogP contribution is 2.45. The first-order valence-electron chi connectivity index (χ1n) is 35.7. The molecule has 0 spiro atoms. The van der Waals surface area contributed by atoms with Gasteiger partial charge in [0.25, 0.3) is 0 Å². The van der Waals surface area contributed by atoms with Crippen LogP contribution in [-0.2, 0) is 65.4 Å². The van der Waals surface area contributed by atoms with Crippen molar-refractivity contribution in [1.82, 2.24) is 0 Å². The van der Waals surface area contributed by atoms with E-state index in [1.165, 1.54) is 135 Å². The minimum Gasteiger partial charge on any atom is -0.462 e. The summed E-state index contributed by atoms with van der Waals surface area (Å²) in [6.07, 6.45) is 40.4. The molecule has 522 valence electrons. The van der Waals surface area contributed by atoms with Gasteiger partial charge in [0.05, 0.1) is 26.4 Å². The van der Waals surface area contributed by atoms with E-state index in [4.69, 9.17) is 37.0 Å². The molecule has 0 amide bonds. The van der Waals surface area contributed by atoms with Gasteiger partial charge >= 0.3 is 39.5 Å². The average Bonchev–Trinajstić information content (AvgIpc) is 3.55. The van der Waals surface area contributed by atoms with Crippen LogP contribution >= 0.6 is 15.6 Å².